The van der Waals surface area contributed by atoms with E-state index in [-0.39, 0.29) is 11.5 Å². The quantitative estimate of drug-likeness (QED) is 0.719. The highest BCUT2D eigenvalue weighted by Gasteiger charge is 2.28. The molecule has 3 heteroatoms. The van der Waals surface area contributed by atoms with Crippen LogP contribution in [0.25, 0.3) is 0 Å². The molecule has 0 saturated carbocycles. The standard InChI is InChI=1S/C16H15N3/c17-10-12(11-18)9-14-6-8-19-7-2-4-13-3-1-5-15(14)16(13)19/h1,3,5,9,14H,2,4,6-8H2. The van der Waals surface area contributed by atoms with E-state index in [1.807, 2.05) is 18.2 Å². The van der Waals surface area contributed by atoms with E-state index >= 15 is 0 Å². The van der Waals surface area contributed by atoms with Crippen LogP contribution < -0.4 is 4.90 Å². The minimum Gasteiger partial charge on any atom is -0.371 e. The van der Waals surface area contributed by atoms with Crippen LogP contribution >= 0.6 is 0 Å². The summed E-state index contributed by atoms with van der Waals surface area (Å²) in [6.45, 7) is 2.15. The molecule has 2 aliphatic rings. The van der Waals surface area contributed by atoms with Gasteiger partial charge in [-0.3, -0.25) is 0 Å². The van der Waals surface area contributed by atoms with Crippen molar-refractivity contribution < 1.29 is 0 Å². The molecule has 0 aliphatic carbocycles. The van der Waals surface area contributed by atoms with Crippen LogP contribution in [0.15, 0.2) is 29.8 Å². The fraction of sp³-hybridized carbons (Fsp3) is 0.375. The first-order valence-electron chi connectivity index (χ1n) is 6.72. The topological polar surface area (TPSA) is 50.8 Å². The van der Waals surface area contributed by atoms with E-state index in [2.05, 4.69) is 23.1 Å². The van der Waals surface area contributed by atoms with Crippen LogP contribution in [0, 0.1) is 22.7 Å². The van der Waals surface area contributed by atoms with Gasteiger partial charge in [0.2, 0.25) is 0 Å². The largest absolute Gasteiger partial charge is 0.371 e. The van der Waals surface area contributed by atoms with Crippen molar-refractivity contribution in [1.82, 2.24) is 0 Å². The Balaban J connectivity index is 2.07. The fourth-order valence-corrected chi connectivity index (χ4v) is 3.22. The summed E-state index contributed by atoms with van der Waals surface area (Å²) in [5.41, 5.74) is 4.28. The predicted molar refractivity (Wildman–Crippen MR) is 73.6 cm³/mol. The maximum Gasteiger partial charge on any atom is 0.126 e. The second-order valence-electron chi connectivity index (χ2n) is 5.14. The zero-order valence-corrected chi connectivity index (χ0v) is 10.8. The molecular formula is C16H15N3. The Bertz CT molecular complexity index is 600. The first-order valence-corrected chi connectivity index (χ1v) is 6.72. The number of nitrogens with zero attached hydrogens (tertiary/aromatic N) is 3. The third-order valence-electron chi connectivity index (χ3n) is 4.06. The molecule has 0 amide bonds. The highest BCUT2D eigenvalue weighted by molar-refractivity contribution is 5.65. The Morgan fingerprint density at radius 3 is 2.89 bits per heavy atom. The molecule has 1 unspecified atom stereocenters. The maximum absolute atomic E-state index is 8.92. The molecule has 1 aromatic carbocycles. The van der Waals surface area contributed by atoms with Gasteiger partial charge in [-0.05, 0) is 36.5 Å². The molecule has 0 radical (unpaired) electrons. The molecule has 0 saturated heterocycles. The lowest BCUT2D eigenvalue weighted by Crippen LogP contribution is -2.35. The van der Waals surface area contributed by atoms with Gasteiger partial charge in [0.15, 0.2) is 0 Å². The monoisotopic (exact) mass is 249 g/mol. The van der Waals surface area contributed by atoms with Crippen molar-refractivity contribution in [2.45, 2.75) is 25.2 Å². The average Bonchev–Trinajstić information content (AvgIpc) is 2.47. The molecule has 0 bridgehead atoms. The van der Waals surface area contributed by atoms with Crippen molar-refractivity contribution in [2.24, 2.45) is 0 Å². The molecule has 94 valence electrons. The number of hydrogen-bond donors (Lipinski definition) is 0. The van der Waals surface area contributed by atoms with Gasteiger partial charge in [0.05, 0.1) is 0 Å². The summed E-state index contributed by atoms with van der Waals surface area (Å²) in [6.07, 6.45) is 5.18. The van der Waals surface area contributed by atoms with Gasteiger partial charge in [-0.1, -0.05) is 18.2 Å². The van der Waals surface area contributed by atoms with Gasteiger partial charge in [0.25, 0.3) is 0 Å². The minimum absolute atomic E-state index is 0.207. The number of benzene rings is 1. The second kappa shape index (κ2) is 4.78. The van der Waals surface area contributed by atoms with Crippen LogP contribution in [-0.2, 0) is 6.42 Å². The lowest BCUT2D eigenvalue weighted by Gasteiger charge is -2.39. The summed E-state index contributed by atoms with van der Waals surface area (Å²) in [5.74, 6) is 0.207. The number of aryl methyl sites for hydroxylation is 1. The van der Waals surface area contributed by atoms with E-state index in [0.29, 0.717) is 0 Å². The van der Waals surface area contributed by atoms with E-state index in [4.69, 9.17) is 10.5 Å². The van der Waals surface area contributed by atoms with E-state index in [9.17, 15) is 0 Å². The normalized spacial score (nSPS) is 19.9. The predicted octanol–water partition coefficient (Wildman–Crippen LogP) is 2.90. The first kappa shape index (κ1) is 11.8. The molecule has 0 fully saturated rings. The SMILES string of the molecule is N#CC(C#N)=CC1CCN2CCCc3cccc1c32. The number of anilines is 1. The van der Waals surface area contributed by atoms with Gasteiger partial charge in [-0.25, -0.2) is 0 Å². The van der Waals surface area contributed by atoms with E-state index in [0.717, 1.165) is 25.9 Å². The highest BCUT2D eigenvalue weighted by atomic mass is 15.1. The van der Waals surface area contributed by atoms with Crippen molar-refractivity contribution in [3.63, 3.8) is 0 Å². The third-order valence-corrected chi connectivity index (χ3v) is 4.06. The molecule has 19 heavy (non-hydrogen) atoms. The van der Waals surface area contributed by atoms with Crippen LogP contribution in [-0.4, -0.2) is 13.1 Å². The Morgan fingerprint density at radius 2 is 2.11 bits per heavy atom. The summed E-state index contributed by atoms with van der Waals surface area (Å²) >= 11 is 0. The molecule has 3 rings (SSSR count). The van der Waals surface area contributed by atoms with Gasteiger partial charge in [-0.2, -0.15) is 10.5 Å². The summed E-state index contributed by atoms with van der Waals surface area (Å²) in [6, 6.07) is 10.4. The molecule has 0 spiro atoms. The molecule has 2 aliphatic heterocycles. The summed E-state index contributed by atoms with van der Waals surface area (Å²) in [5, 5.41) is 17.8. The molecular weight excluding hydrogens is 234 g/mol. The number of hydrogen-bond acceptors (Lipinski definition) is 3. The van der Waals surface area contributed by atoms with Crippen LogP contribution in [0.4, 0.5) is 5.69 Å². The third kappa shape index (κ3) is 1.98. The van der Waals surface area contributed by atoms with Crippen LogP contribution in [0.5, 0.6) is 0 Å². The second-order valence-corrected chi connectivity index (χ2v) is 5.14. The Hall–Kier alpha value is -2.26. The van der Waals surface area contributed by atoms with Crippen LogP contribution in [0.3, 0.4) is 0 Å². The minimum atomic E-state index is 0.207. The molecule has 2 heterocycles. The van der Waals surface area contributed by atoms with Crippen LogP contribution in [0.2, 0.25) is 0 Å². The first-order chi connectivity index (χ1) is 9.33. The Morgan fingerprint density at radius 1 is 1.26 bits per heavy atom. The number of para-hydroxylation sites is 1. The average molecular weight is 249 g/mol. The van der Waals surface area contributed by atoms with Crippen molar-refractivity contribution in [2.75, 3.05) is 18.0 Å². The van der Waals surface area contributed by atoms with Crippen molar-refractivity contribution in [3.8, 4) is 12.1 Å². The van der Waals surface area contributed by atoms with Gasteiger partial charge in [-0.15, -0.1) is 0 Å². The lowest BCUT2D eigenvalue weighted by atomic mass is 9.84. The van der Waals surface area contributed by atoms with Crippen LogP contribution in [0.1, 0.15) is 29.9 Å². The van der Waals surface area contributed by atoms with Crippen molar-refractivity contribution >= 4 is 5.69 Å². The zero-order chi connectivity index (χ0) is 13.2. The van der Waals surface area contributed by atoms with Gasteiger partial charge < -0.3 is 4.90 Å². The van der Waals surface area contributed by atoms with E-state index in [1.165, 1.54) is 23.2 Å². The Kier molecular flexibility index (Phi) is 2.97. The van der Waals surface area contributed by atoms with Gasteiger partial charge >= 0.3 is 0 Å². The summed E-state index contributed by atoms with van der Waals surface area (Å²) < 4.78 is 0. The van der Waals surface area contributed by atoms with Crippen molar-refractivity contribution in [1.29, 1.82) is 10.5 Å². The smallest absolute Gasteiger partial charge is 0.126 e. The number of allylic oxidation sites excluding steroid dienone is 2. The number of rotatable bonds is 1. The molecule has 0 N–H and O–H groups in total. The molecule has 0 aromatic heterocycles. The summed E-state index contributed by atoms with van der Waals surface area (Å²) in [4.78, 5) is 2.46. The van der Waals surface area contributed by atoms with E-state index in [1.54, 1.807) is 0 Å². The zero-order valence-electron chi connectivity index (χ0n) is 10.8. The number of nitriles is 2. The van der Waals surface area contributed by atoms with Gasteiger partial charge in [0, 0.05) is 24.7 Å². The van der Waals surface area contributed by atoms with Gasteiger partial charge in [0.1, 0.15) is 17.7 Å². The maximum atomic E-state index is 8.92. The summed E-state index contributed by atoms with van der Waals surface area (Å²) in [7, 11) is 0. The lowest BCUT2D eigenvalue weighted by molar-refractivity contribution is 0.604. The molecule has 1 aromatic rings. The van der Waals surface area contributed by atoms with E-state index < -0.39 is 0 Å². The molecule has 3 nitrogen and oxygen atoms in total. The highest BCUT2D eigenvalue weighted by Crippen LogP contribution is 2.41. The van der Waals surface area contributed by atoms with Crippen molar-refractivity contribution in [3.05, 3.63) is 41.0 Å². The Labute approximate surface area is 113 Å². The molecule has 1 atom stereocenters. The fourth-order valence-electron chi connectivity index (χ4n) is 3.22.